The van der Waals surface area contributed by atoms with Crippen LogP contribution < -0.4 is 0 Å². The molecule has 5 aromatic carbocycles. The van der Waals surface area contributed by atoms with Crippen molar-refractivity contribution in [1.29, 1.82) is 5.26 Å². The van der Waals surface area contributed by atoms with Gasteiger partial charge in [-0.3, -0.25) is 9.97 Å². The number of pyridine rings is 2. The molecule has 9 rings (SSSR count). The number of hydrogen-bond acceptors (Lipinski definition) is 5. The Balaban J connectivity index is 1.26. The second-order valence-corrected chi connectivity index (χ2v) is 14.8. The van der Waals surface area contributed by atoms with Gasteiger partial charge in [-0.1, -0.05) is 48.5 Å². The Kier molecular flexibility index (Phi) is 6.94. The third-order valence-corrected chi connectivity index (χ3v) is 11.1. The molecule has 0 N–H and O–H groups in total. The van der Waals surface area contributed by atoms with Gasteiger partial charge in [-0.15, -0.1) is 0 Å². The first kappa shape index (κ1) is 29.8. The van der Waals surface area contributed by atoms with Gasteiger partial charge in [0.2, 0.25) is 0 Å². The molecule has 3 aromatic heterocycles. The SMILES string of the molecule is N#Cc1ccc2c(c1)c1ccccc1n2-c1ccc2c(c1)-c1cc(-c3cc(-c4cccnc4)cc(-c4cccnc4)c3)ccc1CS(=O)(=O)C2. The predicted molar refractivity (Wildman–Crippen MR) is 199 cm³/mol. The van der Waals surface area contributed by atoms with Crippen LogP contribution in [0.15, 0.2) is 146 Å². The Labute approximate surface area is 289 Å². The molecule has 0 aliphatic carbocycles. The van der Waals surface area contributed by atoms with Gasteiger partial charge in [0, 0.05) is 52.4 Å². The Hall–Kier alpha value is -6.36. The van der Waals surface area contributed by atoms with E-state index in [1.807, 2.05) is 79.1 Å². The van der Waals surface area contributed by atoms with Crippen molar-refractivity contribution < 1.29 is 8.42 Å². The smallest absolute Gasteiger partial charge is 0.158 e. The molecule has 0 atom stereocenters. The topological polar surface area (TPSA) is 88.6 Å². The summed E-state index contributed by atoms with van der Waals surface area (Å²) in [6.07, 6.45) is 7.26. The fourth-order valence-electron chi connectivity index (χ4n) is 7.25. The molecular formula is C43H28N4O2S. The summed E-state index contributed by atoms with van der Waals surface area (Å²) >= 11 is 0. The van der Waals surface area contributed by atoms with Gasteiger partial charge in [0.1, 0.15) is 0 Å². The lowest BCUT2D eigenvalue weighted by Gasteiger charge is -2.16. The van der Waals surface area contributed by atoms with E-state index in [9.17, 15) is 13.7 Å². The van der Waals surface area contributed by atoms with Crippen molar-refractivity contribution in [1.82, 2.24) is 14.5 Å². The molecule has 8 aromatic rings. The fourth-order valence-corrected chi connectivity index (χ4v) is 8.81. The molecule has 238 valence electrons. The zero-order chi connectivity index (χ0) is 33.8. The Morgan fingerprint density at radius 1 is 0.560 bits per heavy atom. The first-order chi connectivity index (χ1) is 24.4. The molecule has 0 unspecified atom stereocenters. The van der Waals surface area contributed by atoms with E-state index in [0.717, 1.165) is 83.1 Å². The van der Waals surface area contributed by atoms with E-state index in [-0.39, 0.29) is 11.5 Å². The summed E-state index contributed by atoms with van der Waals surface area (Å²) in [4.78, 5) is 8.73. The van der Waals surface area contributed by atoms with Crippen molar-refractivity contribution in [3.63, 3.8) is 0 Å². The minimum absolute atomic E-state index is 0.0321. The van der Waals surface area contributed by atoms with Crippen LogP contribution in [0.25, 0.3) is 72.0 Å². The number of sulfone groups is 1. The molecule has 0 spiro atoms. The van der Waals surface area contributed by atoms with E-state index >= 15 is 0 Å². The van der Waals surface area contributed by atoms with Crippen molar-refractivity contribution in [2.45, 2.75) is 11.5 Å². The van der Waals surface area contributed by atoms with E-state index in [1.165, 1.54) is 0 Å². The van der Waals surface area contributed by atoms with Crippen LogP contribution in [0.3, 0.4) is 0 Å². The molecule has 1 aliphatic rings. The van der Waals surface area contributed by atoms with Gasteiger partial charge in [-0.05, 0) is 117 Å². The Bertz CT molecular complexity index is 2730. The Morgan fingerprint density at radius 2 is 1.18 bits per heavy atom. The lowest BCUT2D eigenvalue weighted by molar-refractivity contribution is 0.595. The summed E-state index contributed by atoms with van der Waals surface area (Å²) in [6.45, 7) is 0. The van der Waals surface area contributed by atoms with Crippen LogP contribution >= 0.6 is 0 Å². The maximum Gasteiger partial charge on any atom is 0.158 e. The highest BCUT2D eigenvalue weighted by atomic mass is 32.2. The van der Waals surface area contributed by atoms with Crippen molar-refractivity contribution in [2.75, 3.05) is 0 Å². The average Bonchev–Trinajstić information content (AvgIpc) is 3.43. The van der Waals surface area contributed by atoms with Crippen LogP contribution in [0.2, 0.25) is 0 Å². The summed E-state index contributed by atoms with van der Waals surface area (Å²) in [5.74, 6) is -0.0669. The van der Waals surface area contributed by atoms with Crippen LogP contribution in [0.1, 0.15) is 16.7 Å². The fraction of sp³-hybridized carbons (Fsp3) is 0.0465. The monoisotopic (exact) mass is 664 g/mol. The van der Waals surface area contributed by atoms with E-state index in [2.05, 4.69) is 75.2 Å². The molecule has 0 bridgehead atoms. The highest BCUT2D eigenvalue weighted by Crippen LogP contribution is 2.41. The molecule has 0 saturated heterocycles. The molecule has 4 heterocycles. The molecule has 7 heteroatoms. The maximum atomic E-state index is 13.4. The third kappa shape index (κ3) is 5.14. The zero-order valence-electron chi connectivity index (χ0n) is 26.8. The summed E-state index contributed by atoms with van der Waals surface area (Å²) in [5.41, 5.74) is 12.9. The number of hydrogen-bond donors (Lipinski definition) is 0. The molecule has 0 radical (unpaired) electrons. The number of rotatable bonds is 4. The van der Waals surface area contributed by atoms with Crippen LogP contribution in [0, 0.1) is 11.3 Å². The van der Waals surface area contributed by atoms with Gasteiger partial charge in [0.25, 0.3) is 0 Å². The molecule has 0 saturated carbocycles. The maximum absolute atomic E-state index is 13.4. The van der Waals surface area contributed by atoms with Crippen LogP contribution in [0.4, 0.5) is 0 Å². The van der Waals surface area contributed by atoms with E-state index in [4.69, 9.17) is 0 Å². The highest BCUT2D eigenvalue weighted by Gasteiger charge is 2.25. The van der Waals surface area contributed by atoms with Crippen LogP contribution in [-0.4, -0.2) is 23.0 Å². The quantitative estimate of drug-likeness (QED) is 0.187. The predicted octanol–water partition coefficient (Wildman–Crippen LogP) is 9.54. The number of aromatic nitrogens is 3. The molecule has 6 nitrogen and oxygen atoms in total. The summed E-state index contributed by atoms with van der Waals surface area (Å²) in [6, 6.07) is 42.9. The van der Waals surface area contributed by atoms with Gasteiger partial charge >= 0.3 is 0 Å². The third-order valence-electron chi connectivity index (χ3n) is 9.56. The molecule has 0 amide bonds. The number of fused-ring (bicyclic) bond motifs is 6. The largest absolute Gasteiger partial charge is 0.309 e. The van der Waals surface area contributed by atoms with E-state index in [0.29, 0.717) is 5.56 Å². The summed E-state index contributed by atoms with van der Waals surface area (Å²) in [7, 11) is -3.40. The summed E-state index contributed by atoms with van der Waals surface area (Å²) in [5, 5.41) is 11.7. The summed E-state index contributed by atoms with van der Waals surface area (Å²) < 4.78 is 29.1. The molecule has 50 heavy (non-hydrogen) atoms. The van der Waals surface area contributed by atoms with Gasteiger partial charge < -0.3 is 4.57 Å². The number of nitriles is 1. The van der Waals surface area contributed by atoms with Gasteiger partial charge in [-0.2, -0.15) is 5.26 Å². The normalized spacial score (nSPS) is 13.3. The van der Waals surface area contributed by atoms with Crippen LogP contribution in [0.5, 0.6) is 0 Å². The van der Waals surface area contributed by atoms with E-state index in [1.54, 1.807) is 12.4 Å². The van der Waals surface area contributed by atoms with Crippen molar-refractivity contribution in [3.05, 3.63) is 163 Å². The lowest BCUT2D eigenvalue weighted by Crippen LogP contribution is -2.05. The second kappa shape index (κ2) is 11.7. The van der Waals surface area contributed by atoms with Gasteiger partial charge in [-0.25, -0.2) is 8.42 Å². The number of para-hydroxylation sites is 1. The number of benzene rings is 5. The first-order valence-corrected chi connectivity index (χ1v) is 18.1. The van der Waals surface area contributed by atoms with Crippen LogP contribution in [-0.2, 0) is 21.3 Å². The minimum atomic E-state index is -3.40. The standard InChI is InChI=1S/C43H28N4O2S/c44-23-28-9-14-43-41(17-28)38-7-1-2-8-42(38)47(43)37-13-12-33-27-50(48,49)26-32-11-10-29(21-39(32)40(33)22-37)34-18-35(30-5-3-15-45-24-30)20-36(19-34)31-6-4-16-46-25-31/h1-22,24-25H,26-27H2. The molecular weight excluding hydrogens is 637 g/mol. The van der Waals surface area contributed by atoms with Gasteiger partial charge in [0.15, 0.2) is 9.84 Å². The average molecular weight is 665 g/mol. The van der Waals surface area contributed by atoms with Crippen molar-refractivity contribution >= 4 is 31.6 Å². The number of nitrogens with zero attached hydrogens (tertiary/aromatic N) is 4. The minimum Gasteiger partial charge on any atom is -0.309 e. The first-order valence-electron chi connectivity index (χ1n) is 16.3. The molecule has 1 aliphatic heterocycles. The lowest BCUT2D eigenvalue weighted by atomic mass is 9.90. The van der Waals surface area contributed by atoms with Crippen molar-refractivity contribution in [2.24, 2.45) is 0 Å². The van der Waals surface area contributed by atoms with E-state index < -0.39 is 9.84 Å². The Morgan fingerprint density at radius 3 is 1.84 bits per heavy atom. The van der Waals surface area contributed by atoms with Gasteiger partial charge in [0.05, 0.1) is 34.2 Å². The molecule has 0 fully saturated rings. The highest BCUT2D eigenvalue weighted by molar-refractivity contribution is 7.89. The zero-order valence-corrected chi connectivity index (χ0v) is 27.6. The van der Waals surface area contributed by atoms with Crippen molar-refractivity contribution in [3.8, 4) is 56.3 Å². The second-order valence-electron chi connectivity index (χ2n) is 12.7.